The Balaban J connectivity index is 1.49. The Morgan fingerprint density at radius 2 is 1.49 bits per heavy atom. The maximum Gasteiger partial charge on any atom is 0.400 e. The van der Waals surface area contributed by atoms with E-state index in [1.165, 1.54) is 12.1 Å². The third-order valence-corrected chi connectivity index (χ3v) is 6.61. The highest BCUT2D eigenvalue weighted by Crippen LogP contribution is 2.44. The molecule has 0 amide bonds. The molecule has 0 N–H and O–H groups in total. The zero-order valence-electron chi connectivity index (χ0n) is 18.7. The van der Waals surface area contributed by atoms with Gasteiger partial charge >= 0.3 is 6.11 Å². The second-order valence-electron chi connectivity index (χ2n) is 8.89. The molecule has 35 heavy (non-hydrogen) atoms. The van der Waals surface area contributed by atoms with Crippen molar-refractivity contribution in [3.8, 4) is 5.75 Å². The van der Waals surface area contributed by atoms with Gasteiger partial charge < -0.3 is 4.74 Å². The predicted molar refractivity (Wildman–Crippen MR) is 114 cm³/mol. The van der Waals surface area contributed by atoms with Crippen LogP contribution in [0.3, 0.4) is 0 Å². The average molecular weight is 502 g/mol. The van der Waals surface area contributed by atoms with Gasteiger partial charge in [-0.2, -0.15) is 8.78 Å². The summed E-state index contributed by atoms with van der Waals surface area (Å²) < 4.78 is 118. The average Bonchev–Trinajstić information content (AvgIpc) is 2.80. The Morgan fingerprint density at radius 3 is 2.14 bits per heavy atom. The summed E-state index contributed by atoms with van der Waals surface area (Å²) in [7, 11) is 0. The van der Waals surface area contributed by atoms with E-state index >= 15 is 0 Å². The van der Waals surface area contributed by atoms with Crippen molar-refractivity contribution in [1.82, 2.24) is 0 Å². The van der Waals surface area contributed by atoms with E-state index in [1.54, 1.807) is 0 Å². The van der Waals surface area contributed by atoms with Crippen molar-refractivity contribution < 1.29 is 39.9 Å². The van der Waals surface area contributed by atoms with E-state index in [2.05, 4.69) is 0 Å². The van der Waals surface area contributed by atoms with Crippen LogP contribution in [-0.2, 0) is 6.42 Å². The molecule has 1 saturated carbocycles. The van der Waals surface area contributed by atoms with Crippen LogP contribution in [-0.4, -0.2) is 6.11 Å². The minimum absolute atomic E-state index is 0.0695. The van der Waals surface area contributed by atoms with Crippen LogP contribution in [0, 0.1) is 40.8 Å². The van der Waals surface area contributed by atoms with Gasteiger partial charge in [-0.05, 0) is 66.7 Å². The number of alkyl halides is 2. The Labute approximate surface area is 196 Å². The van der Waals surface area contributed by atoms with Crippen LogP contribution in [0.15, 0.2) is 30.3 Å². The maximum absolute atomic E-state index is 14.9. The lowest BCUT2D eigenvalue weighted by Gasteiger charge is -2.33. The number of rotatable bonds is 6. The fraction of sp³-hybridized carbons (Fsp3) is 0.385. The molecule has 0 atom stereocenters. The molecule has 0 saturated heterocycles. The van der Waals surface area contributed by atoms with Crippen molar-refractivity contribution in [3.05, 3.63) is 76.4 Å². The predicted octanol–water partition coefficient (Wildman–Crippen LogP) is 8.57. The van der Waals surface area contributed by atoms with Crippen LogP contribution >= 0.6 is 0 Å². The molecule has 1 aliphatic rings. The van der Waals surface area contributed by atoms with Gasteiger partial charge in [0.1, 0.15) is 11.6 Å². The summed E-state index contributed by atoms with van der Waals surface area (Å²) in [6, 6.07) is 4.80. The Bertz CT molecular complexity index is 1250. The van der Waals surface area contributed by atoms with Gasteiger partial charge in [0.2, 0.25) is 0 Å². The van der Waals surface area contributed by atoms with Gasteiger partial charge in [0, 0.05) is 6.07 Å². The van der Waals surface area contributed by atoms with E-state index in [1.807, 2.05) is 6.92 Å². The summed E-state index contributed by atoms with van der Waals surface area (Å²) in [5.41, 5.74) is 0.422. The molecular formula is C26H22F8O. The lowest BCUT2D eigenvalue weighted by atomic mass is 9.77. The molecule has 0 unspecified atom stereocenters. The number of aryl methyl sites for hydroxylation is 1. The zero-order valence-corrected chi connectivity index (χ0v) is 18.7. The third-order valence-electron chi connectivity index (χ3n) is 6.61. The van der Waals surface area contributed by atoms with Crippen molar-refractivity contribution in [1.29, 1.82) is 0 Å². The van der Waals surface area contributed by atoms with E-state index < -0.39 is 69.4 Å². The summed E-state index contributed by atoms with van der Waals surface area (Å²) in [6.07, 6.45) is -2.54. The minimum atomic E-state index is -3.77. The van der Waals surface area contributed by atoms with Crippen molar-refractivity contribution in [3.63, 3.8) is 0 Å². The molecule has 0 radical (unpaired) electrons. The molecule has 3 aromatic carbocycles. The van der Waals surface area contributed by atoms with Crippen LogP contribution in [0.25, 0.3) is 10.8 Å². The Morgan fingerprint density at radius 1 is 0.800 bits per heavy atom. The van der Waals surface area contributed by atoms with E-state index in [4.69, 9.17) is 4.74 Å². The van der Waals surface area contributed by atoms with Crippen molar-refractivity contribution in [2.45, 2.75) is 57.5 Å². The lowest BCUT2D eigenvalue weighted by Crippen LogP contribution is -2.37. The second kappa shape index (κ2) is 9.66. The highest BCUT2D eigenvalue weighted by molar-refractivity contribution is 5.85. The van der Waals surface area contributed by atoms with Crippen LogP contribution in [0.5, 0.6) is 5.75 Å². The topological polar surface area (TPSA) is 9.23 Å². The fourth-order valence-corrected chi connectivity index (χ4v) is 4.78. The molecule has 0 spiro atoms. The third kappa shape index (κ3) is 4.82. The number of hydrogen-bond acceptors (Lipinski definition) is 1. The molecule has 188 valence electrons. The van der Waals surface area contributed by atoms with E-state index in [0.717, 1.165) is 6.07 Å². The number of ether oxygens (including phenoxy) is 1. The molecule has 1 fully saturated rings. The zero-order chi connectivity index (χ0) is 25.5. The maximum atomic E-state index is 14.9. The normalized spacial score (nSPS) is 18.8. The molecule has 0 heterocycles. The van der Waals surface area contributed by atoms with Gasteiger partial charge in [-0.25, -0.2) is 26.3 Å². The van der Waals surface area contributed by atoms with Gasteiger partial charge in [-0.3, -0.25) is 0 Å². The number of hydrogen-bond donors (Lipinski definition) is 0. The van der Waals surface area contributed by atoms with Crippen LogP contribution in [0.1, 0.15) is 56.1 Å². The summed E-state index contributed by atoms with van der Waals surface area (Å²) in [5, 5.41) is -1.35. The standard InChI is InChI=1S/C26H22F8O/c1-2-3-14-6-9-18(23(30)22(14)29)13-4-7-16(8-5-13)26(33,34)35-17-10-15-11-20(28)24(31)25(32)21(15)19(27)12-17/h6,9-13,16H,2-5,7-8H2,1H3. The molecule has 1 nitrogen and oxygen atoms in total. The summed E-state index contributed by atoms with van der Waals surface area (Å²) >= 11 is 0. The minimum Gasteiger partial charge on any atom is -0.432 e. The lowest BCUT2D eigenvalue weighted by molar-refractivity contribution is -0.222. The number of fused-ring (bicyclic) bond motifs is 1. The number of benzene rings is 3. The highest BCUT2D eigenvalue weighted by Gasteiger charge is 2.44. The molecule has 3 aromatic rings. The fourth-order valence-electron chi connectivity index (χ4n) is 4.78. The second-order valence-corrected chi connectivity index (χ2v) is 8.89. The van der Waals surface area contributed by atoms with Crippen LogP contribution in [0.2, 0.25) is 0 Å². The highest BCUT2D eigenvalue weighted by atomic mass is 19.3. The molecule has 9 heteroatoms. The largest absolute Gasteiger partial charge is 0.432 e. The molecule has 4 rings (SSSR count). The molecule has 0 bridgehead atoms. The van der Waals surface area contributed by atoms with Crippen molar-refractivity contribution >= 4 is 10.8 Å². The van der Waals surface area contributed by atoms with Crippen molar-refractivity contribution in [2.75, 3.05) is 0 Å². The van der Waals surface area contributed by atoms with Gasteiger partial charge in [0.15, 0.2) is 29.1 Å². The first-order chi connectivity index (χ1) is 16.5. The van der Waals surface area contributed by atoms with E-state index in [9.17, 15) is 35.1 Å². The summed E-state index contributed by atoms with van der Waals surface area (Å²) in [6.45, 7) is 1.84. The first kappa shape index (κ1) is 25.3. The first-order valence-electron chi connectivity index (χ1n) is 11.3. The van der Waals surface area contributed by atoms with Crippen LogP contribution in [0.4, 0.5) is 35.1 Å². The molecule has 0 aliphatic heterocycles. The Kier molecular flexibility index (Phi) is 6.97. The SMILES string of the molecule is CCCc1ccc(C2CCC(C(F)(F)Oc3cc(F)c4c(F)c(F)c(F)cc4c3)CC2)c(F)c1F. The van der Waals surface area contributed by atoms with Gasteiger partial charge in [-0.1, -0.05) is 25.5 Å². The quantitative estimate of drug-likeness (QED) is 0.242. The summed E-state index contributed by atoms with van der Waals surface area (Å²) in [5.74, 6) is -10.9. The monoisotopic (exact) mass is 502 g/mol. The van der Waals surface area contributed by atoms with Gasteiger partial charge in [0.25, 0.3) is 0 Å². The first-order valence-corrected chi connectivity index (χ1v) is 11.3. The molecular weight excluding hydrogens is 480 g/mol. The smallest absolute Gasteiger partial charge is 0.400 e. The van der Waals surface area contributed by atoms with Crippen molar-refractivity contribution in [2.24, 2.45) is 5.92 Å². The summed E-state index contributed by atoms with van der Waals surface area (Å²) in [4.78, 5) is 0. The van der Waals surface area contributed by atoms with Gasteiger partial charge in [-0.15, -0.1) is 0 Å². The van der Waals surface area contributed by atoms with Crippen LogP contribution < -0.4 is 4.74 Å². The Hall–Kier alpha value is -2.84. The van der Waals surface area contributed by atoms with E-state index in [0.29, 0.717) is 25.0 Å². The number of halogens is 8. The molecule has 1 aliphatic carbocycles. The van der Waals surface area contributed by atoms with Gasteiger partial charge in [0.05, 0.1) is 11.3 Å². The molecule has 0 aromatic heterocycles. The van der Waals surface area contributed by atoms with E-state index in [-0.39, 0.29) is 36.8 Å².